The molecule has 3 aromatic rings. The third kappa shape index (κ3) is 3.31. The number of pyridine rings is 1. The molecule has 0 aliphatic carbocycles. The van der Waals surface area contributed by atoms with Gasteiger partial charge in [-0.2, -0.15) is 10.4 Å². The van der Waals surface area contributed by atoms with Crippen LogP contribution in [-0.4, -0.2) is 54.6 Å². The highest BCUT2D eigenvalue weighted by atomic mass is 16.2. The van der Waals surface area contributed by atoms with Gasteiger partial charge < -0.3 is 10.2 Å². The Morgan fingerprint density at radius 2 is 2.26 bits per heavy atom. The summed E-state index contributed by atoms with van der Waals surface area (Å²) < 4.78 is 3.15. The van der Waals surface area contributed by atoms with Crippen LogP contribution < -0.4 is 10.2 Å². The Morgan fingerprint density at radius 3 is 3.04 bits per heavy atom. The minimum Gasteiger partial charge on any atom is -0.368 e. The van der Waals surface area contributed by atoms with E-state index in [1.807, 2.05) is 26.2 Å². The number of aromatic nitrogens is 6. The molecule has 3 aromatic heterocycles. The minimum atomic E-state index is -0.145. The molecule has 1 amide bonds. The molecule has 0 radical (unpaired) electrons. The van der Waals surface area contributed by atoms with Crippen molar-refractivity contribution >= 4 is 22.6 Å². The molecule has 138 valence electrons. The van der Waals surface area contributed by atoms with Crippen LogP contribution in [-0.2, 0) is 18.4 Å². The van der Waals surface area contributed by atoms with Crippen LogP contribution in [0.1, 0.15) is 17.9 Å². The normalized spacial score (nSPS) is 16.6. The third-order valence-corrected chi connectivity index (χ3v) is 4.71. The zero-order chi connectivity index (χ0) is 19.0. The van der Waals surface area contributed by atoms with E-state index in [9.17, 15) is 4.79 Å². The number of amides is 1. The van der Waals surface area contributed by atoms with Crippen molar-refractivity contribution in [3.05, 3.63) is 30.1 Å². The van der Waals surface area contributed by atoms with Gasteiger partial charge in [0.1, 0.15) is 18.9 Å². The van der Waals surface area contributed by atoms with Gasteiger partial charge in [0.15, 0.2) is 5.65 Å². The highest BCUT2D eigenvalue weighted by Gasteiger charge is 2.25. The summed E-state index contributed by atoms with van der Waals surface area (Å²) in [6.45, 7) is 3.59. The summed E-state index contributed by atoms with van der Waals surface area (Å²) in [7, 11) is 1.89. The van der Waals surface area contributed by atoms with Gasteiger partial charge in [0.05, 0.1) is 17.6 Å². The number of rotatable bonds is 4. The van der Waals surface area contributed by atoms with Gasteiger partial charge in [-0.3, -0.25) is 9.48 Å². The van der Waals surface area contributed by atoms with E-state index in [-0.39, 0.29) is 24.3 Å². The molecule has 10 nitrogen and oxygen atoms in total. The molecule has 1 aliphatic rings. The topological polar surface area (TPSA) is 118 Å². The molecule has 0 unspecified atom stereocenters. The summed E-state index contributed by atoms with van der Waals surface area (Å²) in [5.41, 5.74) is 2.85. The number of aryl methyl sites for hydroxylation is 2. The maximum absolute atomic E-state index is 12.2. The van der Waals surface area contributed by atoms with Crippen molar-refractivity contribution in [1.29, 1.82) is 5.26 Å². The molecule has 10 heteroatoms. The lowest BCUT2D eigenvalue weighted by Crippen LogP contribution is -2.39. The van der Waals surface area contributed by atoms with Crippen molar-refractivity contribution in [3.63, 3.8) is 0 Å². The molecule has 4 rings (SSSR count). The van der Waals surface area contributed by atoms with E-state index in [0.29, 0.717) is 0 Å². The van der Waals surface area contributed by atoms with E-state index in [0.717, 1.165) is 41.9 Å². The minimum absolute atomic E-state index is 0.0492. The van der Waals surface area contributed by atoms with E-state index < -0.39 is 0 Å². The number of hydrogen-bond acceptors (Lipinski definition) is 7. The van der Waals surface area contributed by atoms with Crippen LogP contribution in [0.4, 0.5) is 5.69 Å². The lowest BCUT2D eigenvalue weighted by molar-refractivity contribution is -0.122. The van der Waals surface area contributed by atoms with Crippen molar-refractivity contribution in [2.75, 3.05) is 18.0 Å². The summed E-state index contributed by atoms with van der Waals surface area (Å²) >= 11 is 0. The smallest absolute Gasteiger partial charge is 0.252 e. The molecule has 1 saturated heterocycles. The van der Waals surface area contributed by atoms with Gasteiger partial charge in [-0.25, -0.2) is 14.6 Å². The number of fused-ring (bicyclic) bond motifs is 1. The third-order valence-electron chi connectivity index (χ3n) is 4.71. The molecule has 4 heterocycles. The SMILES string of the molecule is Cc1nn(C)c2ncc(N3CC[C@H](NC(=O)Cn4cnc(C#N)n4)C3)cc12. The average Bonchev–Trinajstić information content (AvgIpc) is 3.35. The maximum atomic E-state index is 12.2. The summed E-state index contributed by atoms with van der Waals surface area (Å²) in [6.07, 6.45) is 4.10. The summed E-state index contributed by atoms with van der Waals surface area (Å²) in [6, 6.07) is 4.00. The predicted octanol–water partition coefficient (Wildman–Crippen LogP) is 0.135. The first-order valence-corrected chi connectivity index (χ1v) is 8.66. The van der Waals surface area contributed by atoms with E-state index in [4.69, 9.17) is 5.26 Å². The van der Waals surface area contributed by atoms with Crippen molar-refractivity contribution < 1.29 is 4.79 Å². The molecule has 0 bridgehead atoms. The molecular formula is C17H19N9O. The maximum Gasteiger partial charge on any atom is 0.252 e. The number of anilines is 1. The monoisotopic (exact) mass is 365 g/mol. The Labute approximate surface area is 155 Å². The second-order valence-corrected chi connectivity index (χ2v) is 6.65. The van der Waals surface area contributed by atoms with Gasteiger partial charge in [0.25, 0.3) is 5.82 Å². The van der Waals surface area contributed by atoms with Crippen molar-refractivity contribution in [3.8, 4) is 6.07 Å². The quantitative estimate of drug-likeness (QED) is 0.698. The fraction of sp³-hybridized carbons (Fsp3) is 0.412. The molecule has 27 heavy (non-hydrogen) atoms. The molecule has 1 atom stereocenters. The van der Waals surface area contributed by atoms with Crippen LogP contribution in [0.5, 0.6) is 0 Å². The number of nitriles is 1. The summed E-state index contributed by atoms with van der Waals surface area (Å²) in [5.74, 6) is -0.0867. The van der Waals surface area contributed by atoms with Gasteiger partial charge in [-0.05, 0) is 19.4 Å². The molecule has 0 saturated carbocycles. The lowest BCUT2D eigenvalue weighted by atomic mass is 10.2. The average molecular weight is 365 g/mol. The van der Waals surface area contributed by atoms with Gasteiger partial charge >= 0.3 is 0 Å². The van der Waals surface area contributed by atoms with E-state index >= 15 is 0 Å². The fourth-order valence-electron chi connectivity index (χ4n) is 3.42. The van der Waals surface area contributed by atoms with Crippen LogP contribution in [0.25, 0.3) is 11.0 Å². The first-order valence-electron chi connectivity index (χ1n) is 8.66. The molecule has 1 aliphatic heterocycles. The molecule has 0 spiro atoms. The van der Waals surface area contributed by atoms with E-state index in [2.05, 4.69) is 36.4 Å². The number of nitrogens with zero attached hydrogens (tertiary/aromatic N) is 8. The largest absolute Gasteiger partial charge is 0.368 e. The first-order chi connectivity index (χ1) is 13.0. The standard InChI is InChI=1S/C17H19N9O/c1-11-14-5-13(7-19-17(14)24(2)22-11)25-4-3-12(8-25)21-16(27)9-26-10-20-15(6-18)23-26/h5,7,10,12H,3-4,8-9H2,1-2H3,(H,21,27)/t12-/m0/s1. The molecule has 0 aromatic carbocycles. The second kappa shape index (κ2) is 6.68. The Kier molecular flexibility index (Phi) is 4.19. The number of nitrogens with one attached hydrogen (secondary N) is 1. The first kappa shape index (κ1) is 17.0. The zero-order valence-corrected chi connectivity index (χ0v) is 15.1. The lowest BCUT2D eigenvalue weighted by Gasteiger charge is -2.19. The Morgan fingerprint density at radius 1 is 1.41 bits per heavy atom. The fourth-order valence-corrected chi connectivity index (χ4v) is 3.42. The van der Waals surface area contributed by atoms with E-state index in [1.54, 1.807) is 4.68 Å². The Balaban J connectivity index is 1.39. The molecule has 1 fully saturated rings. The van der Waals surface area contributed by atoms with Gasteiger partial charge in [-0.1, -0.05) is 0 Å². The highest BCUT2D eigenvalue weighted by molar-refractivity contribution is 5.81. The van der Waals surface area contributed by atoms with Crippen LogP contribution in [0.3, 0.4) is 0 Å². The zero-order valence-electron chi connectivity index (χ0n) is 15.1. The second-order valence-electron chi connectivity index (χ2n) is 6.65. The van der Waals surface area contributed by atoms with Crippen molar-refractivity contribution in [1.82, 2.24) is 34.8 Å². The highest BCUT2D eigenvalue weighted by Crippen LogP contribution is 2.25. The van der Waals surface area contributed by atoms with Crippen molar-refractivity contribution in [2.45, 2.75) is 25.9 Å². The van der Waals surface area contributed by atoms with Crippen LogP contribution in [0, 0.1) is 18.3 Å². The summed E-state index contributed by atoms with van der Waals surface area (Å²) in [5, 5.41) is 21.1. The van der Waals surface area contributed by atoms with Crippen LogP contribution >= 0.6 is 0 Å². The number of carbonyl (C=O) groups excluding carboxylic acids is 1. The number of hydrogen-bond donors (Lipinski definition) is 1. The van der Waals surface area contributed by atoms with Gasteiger partial charge in [0, 0.05) is 31.6 Å². The summed E-state index contributed by atoms with van der Waals surface area (Å²) in [4.78, 5) is 22.7. The van der Waals surface area contributed by atoms with Gasteiger partial charge in [-0.15, -0.1) is 5.10 Å². The number of carbonyl (C=O) groups is 1. The van der Waals surface area contributed by atoms with Crippen molar-refractivity contribution in [2.24, 2.45) is 7.05 Å². The predicted molar refractivity (Wildman–Crippen MR) is 96.7 cm³/mol. The Bertz CT molecular complexity index is 1040. The van der Waals surface area contributed by atoms with Crippen LogP contribution in [0.15, 0.2) is 18.6 Å². The van der Waals surface area contributed by atoms with E-state index in [1.165, 1.54) is 11.0 Å². The van der Waals surface area contributed by atoms with Gasteiger partial charge in [0.2, 0.25) is 5.91 Å². The molecular weight excluding hydrogens is 346 g/mol. The van der Waals surface area contributed by atoms with Crippen LogP contribution in [0.2, 0.25) is 0 Å². The molecule has 1 N–H and O–H groups in total. The Hall–Kier alpha value is -3.48.